The van der Waals surface area contributed by atoms with E-state index in [4.69, 9.17) is 0 Å². The fourth-order valence-electron chi connectivity index (χ4n) is 2.75. The lowest BCUT2D eigenvalue weighted by molar-refractivity contribution is 0.282. The molecule has 0 aromatic heterocycles. The SMILES string of the molecule is CCN(CCNC(=NC)NCc1ccc(C)cc1SC)C1CC1. The summed E-state index contributed by atoms with van der Waals surface area (Å²) in [6, 6.07) is 7.44. The van der Waals surface area contributed by atoms with E-state index in [0.29, 0.717) is 0 Å². The Morgan fingerprint density at radius 1 is 1.35 bits per heavy atom. The molecule has 23 heavy (non-hydrogen) atoms. The second kappa shape index (κ2) is 9.18. The number of rotatable bonds is 8. The van der Waals surface area contributed by atoms with Crippen LogP contribution in [0, 0.1) is 6.92 Å². The Morgan fingerprint density at radius 3 is 2.74 bits per heavy atom. The normalized spacial score (nSPS) is 15.1. The van der Waals surface area contributed by atoms with E-state index in [2.05, 4.69) is 58.8 Å². The molecule has 2 N–H and O–H groups in total. The predicted octanol–water partition coefficient (Wildman–Crippen LogP) is 2.87. The molecule has 0 spiro atoms. The van der Waals surface area contributed by atoms with Crippen LogP contribution in [-0.2, 0) is 6.54 Å². The third kappa shape index (κ3) is 5.74. The van der Waals surface area contributed by atoms with Gasteiger partial charge in [0.2, 0.25) is 0 Å². The molecule has 0 amide bonds. The van der Waals surface area contributed by atoms with Crippen LogP contribution in [0.4, 0.5) is 0 Å². The van der Waals surface area contributed by atoms with Crippen LogP contribution in [0.15, 0.2) is 28.1 Å². The van der Waals surface area contributed by atoms with Crippen molar-refractivity contribution in [3.05, 3.63) is 29.3 Å². The topological polar surface area (TPSA) is 39.7 Å². The number of benzene rings is 1. The van der Waals surface area contributed by atoms with Gasteiger partial charge in [0.1, 0.15) is 0 Å². The molecule has 1 aromatic rings. The molecule has 0 unspecified atom stereocenters. The molecule has 0 aliphatic heterocycles. The molecular formula is C18H30N4S. The van der Waals surface area contributed by atoms with Gasteiger partial charge < -0.3 is 10.6 Å². The highest BCUT2D eigenvalue weighted by molar-refractivity contribution is 7.98. The van der Waals surface area contributed by atoms with E-state index in [9.17, 15) is 0 Å². The standard InChI is InChI=1S/C18H30N4S/c1-5-22(16-8-9-16)11-10-20-18(19-3)21-13-15-7-6-14(2)12-17(15)23-4/h6-7,12,16H,5,8-11,13H2,1-4H3,(H2,19,20,21). The van der Waals surface area contributed by atoms with Gasteiger partial charge >= 0.3 is 0 Å². The number of aryl methyl sites for hydroxylation is 1. The maximum absolute atomic E-state index is 4.33. The van der Waals surface area contributed by atoms with Gasteiger partial charge in [-0.05, 0) is 49.8 Å². The Morgan fingerprint density at radius 2 is 2.13 bits per heavy atom. The minimum atomic E-state index is 0.802. The molecule has 0 atom stereocenters. The van der Waals surface area contributed by atoms with Crippen LogP contribution in [0.25, 0.3) is 0 Å². The van der Waals surface area contributed by atoms with E-state index in [0.717, 1.165) is 38.2 Å². The molecule has 0 radical (unpaired) electrons. The van der Waals surface area contributed by atoms with Gasteiger partial charge in [0.15, 0.2) is 5.96 Å². The van der Waals surface area contributed by atoms with Crippen molar-refractivity contribution in [3.63, 3.8) is 0 Å². The smallest absolute Gasteiger partial charge is 0.191 e. The molecule has 1 aliphatic carbocycles. The fraction of sp³-hybridized carbons (Fsp3) is 0.611. The average Bonchev–Trinajstić information content (AvgIpc) is 3.40. The Hall–Kier alpha value is -1.20. The third-order valence-electron chi connectivity index (χ3n) is 4.27. The van der Waals surface area contributed by atoms with Crippen LogP contribution in [-0.4, -0.2) is 49.8 Å². The highest BCUT2D eigenvalue weighted by Gasteiger charge is 2.27. The summed E-state index contributed by atoms with van der Waals surface area (Å²) in [4.78, 5) is 8.21. The Balaban J connectivity index is 1.78. The van der Waals surface area contributed by atoms with Gasteiger partial charge in [-0.3, -0.25) is 9.89 Å². The van der Waals surface area contributed by atoms with E-state index in [1.54, 1.807) is 11.8 Å². The number of guanidine groups is 1. The number of hydrogen-bond acceptors (Lipinski definition) is 3. The van der Waals surface area contributed by atoms with Crippen LogP contribution in [0.1, 0.15) is 30.9 Å². The van der Waals surface area contributed by atoms with Crippen LogP contribution in [0.3, 0.4) is 0 Å². The molecule has 128 valence electrons. The van der Waals surface area contributed by atoms with Crippen molar-refractivity contribution in [1.29, 1.82) is 0 Å². The zero-order valence-corrected chi connectivity index (χ0v) is 15.7. The summed E-state index contributed by atoms with van der Waals surface area (Å²) in [5.74, 6) is 0.879. The third-order valence-corrected chi connectivity index (χ3v) is 5.09. The molecule has 1 saturated carbocycles. The van der Waals surface area contributed by atoms with Crippen molar-refractivity contribution >= 4 is 17.7 Å². The van der Waals surface area contributed by atoms with Gasteiger partial charge in [-0.2, -0.15) is 0 Å². The van der Waals surface area contributed by atoms with Crippen molar-refractivity contribution in [1.82, 2.24) is 15.5 Å². The number of hydrogen-bond donors (Lipinski definition) is 2. The lowest BCUT2D eigenvalue weighted by atomic mass is 10.1. The quantitative estimate of drug-likeness (QED) is 0.436. The molecule has 0 bridgehead atoms. The van der Waals surface area contributed by atoms with E-state index >= 15 is 0 Å². The van der Waals surface area contributed by atoms with E-state index < -0.39 is 0 Å². The summed E-state index contributed by atoms with van der Waals surface area (Å²) < 4.78 is 0. The van der Waals surface area contributed by atoms with Crippen molar-refractivity contribution in [3.8, 4) is 0 Å². The summed E-state index contributed by atoms with van der Waals surface area (Å²) in [6.07, 6.45) is 4.86. The summed E-state index contributed by atoms with van der Waals surface area (Å²) in [5, 5.41) is 6.85. The number of likely N-dealkylation sites (N-methyl/N-ethyl adjacent to an activating group) is 1. The lowest BCUT2D eigenvalue weighted by Crippen LogP contribution is -2.41. The first-order valence-corrected chi connectivity index (χ1v) is 9.72. The molecular weight excluding hydrogens is 304 g/mol. The Kier molecular flexibility index (Phi) is 7.24. The molecule has 2 rings (SSSR count). The van der Waals surface area contributed by atoms with E-state index in [-0.39, 0.29) is 0 Å². The van der Waals surface area contributed by atoms with Gasteiger partial charge in [0.05, 0.1) is 0 Å². The zero-order chi connectivity index (χ0) is 16.7. The summed E-state index contributed by atoms with van der Waals surface area (Å²) in [6.45, 7) is 8.34. The van der Waals surface area contributed by atoms with Gasteiger partial charge in [0, 0.05) is 37.6 Å². The number of thioether (sulfide) groups is 1. The molecule has 0 heterocycles. The molecule has 4 nitrogen and oxygen atoms in total. The van der Waals surface area contributed by atoms with Crippen LogP contribution in [0.5, 0.6) is 0 Å². The first-order valence-electron chi connectivity index (χ1n) is 8.50. The average molecular weight is 335 g/mol. The summed E-state index contributed by atoms with van der Waals surface area (Å²) in [7, 11) is 1.83. The van der Waals surface area contributed by atoms with Crippen molar-refractivity contribution in [2.24, 2.45) is 4.99 Å². The predicted molar refractivity (Wildman–Crippen MR) is 101 cm³/mol. The highest BCUT2D eigenvalue weighted by atomic mass is 32.2. The molecule has 5 heteroatoms. The van der Waals surface area contributed by atoms with Gasteiger partial charge in [-0.15, -0.1) is 11.8 Å². The second-order valence-electron chi connectivity index (χ2n) is 6.03. The number of nitrogens with one attached hydrogen (secondary N) is 2. The Bertz CT molecular complexity index is 526. The first-order chi connectivity index (χ1) is 11.2. The van der Waals surface area contributed by atoms with Crippen LogP contribution >= 0.6 is 11.8 Å². The van der Waals surface area contributed by atoms with Crippen molar-refractivity contribution < 1.29 is 0 Å². The molecule has 0 saturated heterocycles. The van der Waals surface area contributed by atoms with E-state index in [1.807, 2.05) is 7.05 Å². The molecule has 1 aliphatic rings. The zero-order valence-electron chi connectivity index (χ0n) is 14.9. The van der Waals surface area contributed by atoms with Crippen molar-refractivity contribution in [2.75, 3.05) is 32.9 Å². The van der Waals surface area contributed by atoms with Gasteiger partial charge in [-0.25, -0.2) is 0 Å². The lowest BCUT2D eigenvalue weighted by Gasteiger charge is -2.21. The summed E-state index contributed by atoms with van der Waals surface area (Å²) >= 11 is 1.80. The van der Waals surface area contributed by atoms with Crippen LogP contribution < -0.4 is 10.6 Å². The number of nitrogens with zero attached hydrogens (tertiary/aromatic N) is 2. The van der Waals surface area contributed by atoms with Gasteiger partial charge in [0.25, 0.3) is 0 Å². The maximum Gasteiger partial charge on any atom is 0.191 e. The van der Waals surface area contributed by atoms with Gasteiger partial charge in [-0.1, -0.05) is 19.1 Å². The largest absolute Gasteiger partial charge is 0.355 e. The minimum Gasteiger partial charge on any atom is -0.355 e. The highest BCUT2D eigenvalue weighted by Crippen LogP contribution is 2.25. The van der Waals surface area contributed by atoms with E-state index in [1.165, 1.54) is 28.9 Å². The number of aliphatic imine (C=N–C) groups is 1. The van der Waals surface area contributed by atoms with Crippen molar-refractivity contribution in [2.45, 2.75) is 44.2 Å². The molecule has 1 fully saturated rings. The fourth-order valence-corrected chi connectivity index (χ4v) is 3.46. The minimum absolute atomic E-state index is 0.802. The first kappa shape index (κ1) is 18.1. The maximum atomic E-state index is 4.33. The summed E-state index contributed by atoms with van der Waals surface area (Å²) in [5.41, 5.74) is 2.62. The van der Waals surface area contributed by atoms with Crippen LogP contribution in [0.2, 0.25) is 0 Å². The molecule has 1 aromatic carbocycles. The monoisotopic (exact) mass is 334 g/mol. The second-order valence-corrected chi connectivity index (χ2v) is 6.88. The Labute approximate surface area is 145 Å².